The standard InChI is InChI=1S/C27H30N2O3/c1-20(2)27(31)29(19-22-14-16-24(32-3)17-15-22)25(23-12-8-5-9-13-23)26(30)28-18-21-10-6-4-7-11-21/h4-17,20,25H,18-19H2,1-3H3,(H,28,30)/t25-/m0/s1. The Hall–Kier alpha value is -3.60. The van der Waals surface area contributed by atoms with Crippen LogP contribution in [0.2, 0.25) is 0 Å². The van der Waals surface area contributed by atoms with Crippen molar-refractivity contribution >= 4 is 11.8 Å². The topological polar surface area (TPSA) is 58.6 Å². The molecular weight excluding hydrogens is 400 g/mol. The molecule has 0 spiro atoms. The number of benzene rings is 3. The van der Waals surface area contributed by atoms with E-state index in [1.807, 2.05) is 98.8 Å². The molecule has 0 saturated heterocycles. The monoisotopic (exact) mass is 430 g/mol. The molecule has 32 heavy (non-hydrogen) atoms. The highest BCUT2D eigenvalue weighted by Crippen LogP contribution is 2.26. The lowest BCUT2D eigenvalue weighted by Gasteiger charge is -2.33. The highest BCUT2D eigenvalue weighted by Gasteiger charge is 2.32. The molecule has 0 heterocycles. The Labute approximate surface area is 190 Å². The summed E-state index contributed by atoms with van der Waals surface area (Å²) < 4.78 is 5.24. The van der Waals surface area contributed by atoms with Gasteiger partial charge in [-0.2, -0.15) is 0 Å². The Morgan fingerprint density at radius 3 is 2.00 bits per heavy atom. The molecule has 5 nitrogen and oxygen atoms in total. The fourth-order valence-electron chi connectivity index (χ4n) is 3.55. The summed E-state index contributed by atoms with van der Waals surface area (Å²) >= 11 is 0. The van der Waals surface area contributed by atoms with Gasteiger partial charge in [-0.3, -0.25) is 9.59 Å². The van der Waals surface area contributed by atoms with Crippen molar-refractivity contribution in [2.75, 3.05) is 7.11 Å². The minimum Gasteiger partial charge on any atom is -0.497 e. The van der Waals surface area contributed by atoms with Crippen molar-refractivity contribution in [2.45, 2.75) is 33.0 Å². The van der Waals surface area contributed by atoms with Crippen LogP contribution in [0, 0.1) is 5.92 Å². The van der Waals surface area contributed by atoms with Gasteiger partial charge in [-0.15, -0.1) is 0 Å². The maximum Gasteiger partial charge on any atom is 0.247 e. The third kappa shape index (κ3) is 5.97. The summed E-state index contributed by atoms with van der Waals surface area (Å²) in [4.78, 5) is 28.4. The minimum absolute atomic E-state index is 0.0791. The molecule has 0 unspecified atom stereocenters. The summed E-state index contributed by atoms with van der Waals surface area (Å²) in [7, 11) is 1.62. The highest BCUT2D eigenvalue weighted by molar-refractivity contribution is 5.89. The normalized spacial score (nSPS) is 11.6. The Morgan fingerprint density at radius 1 is 0.844 bits per heavy atom. The van der Waals surface area contributed by atoms with Crippen molar-refractivity contribution in [3.63, 3.8) is 0 Å². The van der Waals surface area contributed by atoms with E-state index in [4.69, 9.17) is 4.74 Å². The van der Waals surface area contributed by atoms with E-state index in [9.17, 15) is 9.59 Å². The molecule has 3 aromatic carbocycles. The van der Waals surface area contributed by atoms with Crippen molar-refractivity contribution in [2.24, 2.45) is 5.92 Å². The zero-order valence-corrected chi connectivity index (χ0v) is 18.8. The summed E-state index contributed by atoms with van der Waals surface area (Å²) in [5.41, 5.74) is 2.71. The van der Waals surface area contributed by atoms with Gasteiger partial charge >= 0.3 is 0 Å². The van der Waals surface area contributed by atoms with Crippen LogP contribution in [0.15, 0.2) is 84.9 Å². The van der Waals surface area contributed by atoms with E-state index in [0.717, 1.165) is 22.4 Å². The molecule has 0 bridgehead atoms. The number of rotatable bonds is 9. The van der Waals surface area contributed by atoms with Crippen LogP contribution in [0.5, 0.6) is 5.75 Å². The van der Waals surface area contributed by atoms with Gasteiger partial charge in [0.25, 0.3) is 0 Å². The van der Waals surface area contributed by atoms with E-state index >= 15 is 0 Å². The van der Waals surface area contributed by atoms with E-state index in [2.05, 4.69) is 5.32 Å². The SMILES string of the molecule is COc1ccc(CN(C(=O)C(C)C)[C@H](C(=O)NCc2ccccc2)c2ccccc2)cc1. The average Bonchev–Trinajstić information content (AvgIpc) is 2.83. The van der Waals surface area contributed by atoms with Gasteiger partial charge in [0.15, 0.2) is 0 Å². The van der Waals surface area contributed by atoms with Gasteiger partial charge in [0.05, 0.1) is 7.11 Å². The number of amides is 2. The molecule has 1 atom stereocenters. The molecule has 0 saturated carbocycles. The van der Waals surface area contributed by atoms with E-state index in [1.54, 1.807) is 12.0 Å². The number of carbonyl (C=O) groups is 2. The zero-order valence-electron chi connectivity index (χ0n) is 18.8. The second-order valence-corrected chi connectivity index (χ2v) is 7.99. The van der Waals surface area contributed by atoms with Crippen LogP contribution in [-0.2, 0) is 22.7 Å². The first-order valence-electron chi connectivity index (χ1n) is 10.8. The number of hydrogen-bond acceptors (Lipinski definition) is 3. The van der Waals surface area contributed by atoms with Gasteiger partial charge in [0.2, 0.25) is 11.8 Å². The van der Waals surface area contributed by atoms with Crippen LogP contribution in [0.3, 0.4) is 0 Å². The molecule has 1 N–H and O–H groups in total. The fraction of sp³-hybridized carbons (Fsp3) is 0.259. The molecule has 5 heteroatoms. The van der Waals surface area contributed by atoms with Crippen molar-refractivity contribution in [1.82, 2.24) is 10.2 Å². The van der Waals surface area contributed by atoms with Crippen LogP contribution >= 0.6 is 0 Å². The van der Waals surface area contributed by atoms with Gasteiger partial charge < -0.3 is 15.0 Å². The first-order valence-corrected chi connectivity index (χ1v) is 10.8. The second kappa shape index (κ2) is 11.1. The molecule has 166 valence electrons. The Balaban J connectivity index is 1.92. The minimum atomic E-state index is -0.739. The average molecular weight is 431 g/mol. The van der Waals surface area contributed by atoms with Crippen LogP contribution in [0.4, 0.5) is 0 Å². The zero-order chi connectivity index (χ0) is 22.9. The van der Waals surface area contributed by atoms with E-state index in [1.165, 1.54) is 0 Å². The molecule has 3 aromatic rings. The van der Waals surface area contributed by atoms with Gasteiger partial charge in [-0.25, -0.2) is 0 Å². The predicted molar refractivity (Wildman–Crippen MR) is 126 cm³/mol. The molecule has 0 aliphatic rings. The Morgan fingerprint density at radius 2 is 1.44 bits per heavy atom. The molecule has 3 rings (SSSR count). The van der Waals surface area contributed by atoms with Gasteiger partial charge in [-0.1, -0.05) is 86.6 Å². The molecule has 0 aromatic heterocycles. The summed E-state index contributed by atoms with van der Waals surface area (Å²) in [6.45, 7) is 4.43. The summed E-state index contributed by atoms with van der Waals surface area (Å²) in [6, 6.07) is 26.0. The molecule has 0 aliphatic carbocycles. The molecule has 2 amide bonds. The molecular formula is C27H30N2O3. The number of hydrogen-bond donors (Lipinski definition) is 1. The van der Waals surface area contributed by atoms with Crippen LogP contribution < -0.4 is 10.1 Å². The Bertz CT molecular complexity index is 1000. The largest absolute Gasteiger partial charge is 0.497 e. The molecule has 0 radical (unpaired) electrons. The number of methoxy groups -OCH3 is 1. The van der Waals surface area contributed by atoms with Crippen molar-refractivity contribution < 1.29 is 14.3 Å². The van der Waals surface area contributed by atoms with Crippen LogP contribution in [-0.4, -0.2) is 23.8 Å². The summed E-state index contributed by atoms with van der Waals surface area (Å²) in [5, 5.41) is 3.02. The lowest BCUT2D eigenvalue weighted by Crippen LogP contribution is -2.44. The molecule has 0 aliphatic heterocycles. The van der Waals surface area contributed by atoms with E-state index < -0.39 is 6.04 Å². The predicted octanol–water partition coefficient (Wildman–Crippen LogP) is 4.74. The number of carbonyl (C=O) groups excluding carboxylic acids is 2. The number of ether oxygens (including phenoxy) is 1. The van der Waals surface area contributed by atoms with Crippen LogP contribution in [0.1, 0.15) is 36.6 Å². The maximum absolute atomic E-state index is 13.5. The third-order valence-electron chi connectivity index (χ3n) is 5.27. The summed E-state index contributed by atoms with van der Waals surface area (Å²) in [6.07, 6.45) is 0. The Kier molecular flexibility index (Phi) is 8.03. The third-order valence-corrected chi connectivity index (χ3v) is 5.27. The highest BCUT2D eigenvalue weighted by atomic mass is 16.5. The van der Waals surface area contributed by atoms with Crippen molar-refractivity contribution in [3.05, 3.63) is 102 Å². The maximum atomic E-state index is 13.5. The first-order chi connectivity index (χ1) is 15.5. The lowest BCUT2D eigenvalue weighted by molar-refractivity contribution is -0.144. The summed E-state index contributed by atoms with van der Waals surface area (Å²) in [5.74, 6) is 0.212. The van der Waals surface area contributed by atoms with E-state index in [0.29, 0.717) is 13.1 Å². The van der Waals surface area contributed by atoms with Crippen LogP contribution in [0.25, 0.3) is 0 Å². The van der Waals surface area contributed by atoms with Gasteiger partial charge in [-0.05, 0) is 28.8 Å². The van der Waals surface area contributed by atoms with Crippen molar-refractivity contribution in [3.8, 4) is 5.75 Å². The fourth-order valence-corrected chi connectivity index (χ4v) is 3.55. The molecule has 0 fully saturated rings. The lowest BCUT2D eigenvalue weighted by atomic mass is 10.0. The smallest absolute Gasteiger partial charge is 0.247 e. The van der Waals surface area contributed by atoms with Crippen molar-refractivity contribution in [1.29, 1.82) is 0 Å². The second-order valence-electron chi connectivity index (χ2n) is 7.99. The van der Waals surface area contributed by atoms with Gasteiger partial charge in [0, 0.05) is 19.0 Å². The quantitative estimate of drug-likeness (QED) is 0.534. The van der Waals surface area contributed by atoms with E-state index in [-0.39, 0.29) is 17.7 Å². The number of nitrogens with zero attached hydrogens (tertiary/aromatic N) is 1. The number of nitrogens with one attached hydrogen (secondary N) is 1. The first kappa shape index (κ1) is 23.1. The van der Waals surface area contributed by atoms with Gasteiger partial charge in [0.1, 0.15) is 11.8 Å².